The minimum atomic E-state index is -1.36. The predicted octanol–water partition coefficient (Wildman–Crippen LogP) is 2.57. The minimum Gasteiger partial charge on any atom is -0.465 e. The first-order valence-electron chi connectivity index (χ1n) is 9.77. The first-order valence-corrected chi connectivity index (χ1v) is 9.77. The summed E-state index contributed by atoms with van der Waals surface area (Å²) in [4.78, 5) is 37.2. The monoisotopic (exact) mass is 382 g/mol. The van der Waals surface area contributed by atoms with E-state index in [1.165, 1.54) is 6.08 Å². The molecule has 2 fully saturated rings. The number of hydrogen-bond acceptors (Lipinski definition) is 7. The quantitative estimate of drug-likeness (QED) is 0.289. The van der Waals surface area contributed by atoms with E-state index < -0.39 is 28.9 Å². The second-order valence-corrected chi connectivity index (χ2v) is 6.97. The zero-order valence-corrected chi connectivity index (χ0v) is 16.5. The molecule has 7 nitrogen and oxygen atoms in total. The van der Waals surface area contributed by atoms with E-state index in [2.05, 4.69) is 0 Å². The zero-order chi connectivity index (χ0) is 19.9. The lowest BCUT2D eigenvalue weighted by Crippen LogP contribution is -2.54. The molecule has 0 N–H and O–H groups in total. The molecule has 0 aromatic heterocycles. The van der Waals surface area contributed by atoms with Crippen LogP contribution in [-0.4, -0.2) is 49.9 Å². The number of carbonyl (C=O) groups excluding carboxylic acids is 3. The highest BCUT2D eigenvalue weighted by Crippen LogP contribution is 2.52. The molecule has 2 rings (SSSR count). The molecule has 0 aromatic rings. The van der Waals surface area contributed by atoms with Crippen molar-refractivity contribution < 1.29 is 33.3 Å². The van der Waals surface area contributed by atoms with Crippen LogP contribution < -0.4 is 0 Å². The number of hydrogen-bond donors (Lipinski definition) is 0. The molecular weight excluding hydrogens is 352 g/mol. The number of rotatable bonds is 7. The summed E-state index contributed by atoms with van der Waals surface area (Å²) in [6.45, 7) is 6.44. The molecule has 1 spiro atoms. The Morgan fingerprint density at radius 2 is 1.63 bits per heavy atom. The van der Waals surface area contributed by atoms with Crippen LogP contribution in [0.15, 0.2) is 12.2 Å². The van der Waals surface area contributed by atoms with Gasteiger partial charge in [0.05, 0.1) is 25.4 Å². The van der Waals surface area contributed by atoms with Gasteiger partial charge in [-0.3, -0.25) is 9.59 Å². The Kier molecular flexibility index (Phi) is 7.41. The maximum absolute atomic E-state index is 12.8. The molecule has 1 heterocycles. The summed E-state index contributed by atoms with van der Waals surface area (Å²) >= 11 is 0. The topological polar surface area (TPSA) is 88.1 Å². The summed E-state index contributed by atoms with van der Waals surface area (Å²) in [6.07, 6.45) is 5.79. The summed E-state index contributed by atoms with van der Waals surface area (Å²) in [7, 11) is 0. The van der Waals surface area contributed by atoms with E-state index in [1.807, 2.05) is 0 Å². The molecule has 1 aliphatic heterocycles. The Hall–Kier alpha value is -1.89. The highest BCUT2D eigenvalue weighted by molar-refractivity contribution is 6.00. The molecule has 0 bridgehead atoms. The molecule has 1 saturated heterocycles. The Bertz CT molecular complexity index is 557. The van der Waals surface area contributed by atoms with Crippen molar-refractivity contribution in [1.29, 1.82) is 0 Å². The maximum Gasteiger partial charge on any atom is 0.330 e. The average molecular weight is 382 g/mol. The molecule has 0 radical (unpaired) electrons. The summed E-state index contributed by atoms with van der Waals surface area (Å²) in [5, 5.41) is 0. The molecular formula is C20H30O7. The molecule has 1 saturated carbocycles. The van der Waals surface area contributed by atoms with Crippen LogP contribution in [0.2, 0.25) is 0 Å². The molecule has 0 unspecified atom stereocenters. The summed E-state index contributed by atoms with van der Waals surface area (Å²) in [5.74, 6) is -1.59. The van der Waals surface area contributed by atoms with Gasteiger partial charge in [-0.2, -0.15) is 0 Å². The van der Waals surface area contributed by atoms with Crippen molar-refractivity contribution in [2.75, 3.05) is 26.4 Å². The molecule has 1 aliphatic carbocycles. The fourth-order valence-electron chi connectivity index (χ4n) is 4.17. The number of esters is 3. The van der Waals surface area contributed by atoms with Crippen LogP contribution in [0.1, 0.15) is 52.9 Å². The predicted molar refractivity (Wildman–Crippen MR) is 96.7 cm³/mol. The van der Waals surface area contributed by atoms with E-state index >= 15 is 0 Å². The second kappa shape index (κ2) is 9.35. The van der Waals surface area contributed by atoms with Crippen molar-refractivity contribution >= 4 is 17.9 Å². The van der Waals surface area contributed by atoms with Crippen molar-refractivity contribution in [3.8, 4) is 0 Å². The van der Waals surface area contributed by atoms with Crippen molar-refractivity contribution in [2.45, 2.75) is 58.5 Å². The molecule has 7 heteroatoms. The Morgan fingerprint density at radius 1 is 1.00 bits per heavy atom. The molecule has 27 heavy (non-hydrogen) atoms. The third-order valence-electron chi connectivity index (χ3n) is 5.38. The zero-order valence-electron chi connectivity index (χ0n) is 16.5. The van der Waals surface area contributed by atoms with Crippen molar-refractivity contribution in [2.24, 2.45) is 11.3 Å². The summed E-state index contributed by atoms with van der Waals surface area (Å²) in [5.41, 5.74) is -2.04. The molecule has 0 amide bonds. The van der Waals surface area contributed by atoms with Crippen molar-refractivity contribution in [3.05, 3.63) is 12.2 Å². The van der Waals surface area contributed by atoms with Gasteiger partial charge in [0.15, 0.2) is 5.41 Å². The van der Waals surface area contributed by atoms with Gasteiger partial charge in [-0.25, -0.2) is 4.79 Å². The van der Waals surface area contributed by atoms with Crippen molar-refractivity contribution in [1.82, 2.24) is 0 Å². The fraction of sp³-hybridized carbons (Fsp3) is 0.750. The van der Waals surface area contributed by atoms with E-state index in [0.29, 0.717) is 32.5 Å². The Morgan fingerprint density at radius 3 is 2.15 bits per heavy atom. The van der Waals surface area contributed by atoms with Crippen LogP contribution in [0.25, 0.3) is 0 Å². The Balaban J connectivity index is 2.31. The maximum atomic E-state index is 12.8. The first-order chi connectivity index (χ1) is 12.9. The SMILES string of the molecule is CCOC(=O)/C=C/[C@H]1CCC(C(=O)OCC)(C(=O)OCC)C[C@@]12CCCO2. The summed E-state index contributed by atoms with van der Waals surface area (Å²) in [6, 6.07) is 0. The second-order valence-electron chi connectivity index (χ2n) is 6.97. The molecule has 152 valence electrons. The largest absolute Gasteiger partial charge is 0.465 e. The minimum absolute atomic E-state index is 0.0821. The van der Waals surface area contributed by atoms with Gasteiger partial charge >= 0.3 is 17.9 Å². The van der Waals surface area contributed by atoms with Crippen molar-refractivity contribution in [3.63, 3.8) is 0 Å². The molecule has 2 aliphatic rings. The number of ether oxygens (including phenoxy) is 4. The van der Waals surface area contributed by atoms with E-state index in [4.69, 9.17) is 18.9 Å². The van der Waals surface area contributed by atoms with Gasteiger partial charge < -0.3 is 18.9 Å². The van der Waals surface area contributed by atoms with Crippen LogP contribution in [0.3, 0.4) is 0 Å². The lowest BCUT2D eigenvalue weighted by molar-refractivity contribution is -0.186. The van der Waals surface area contributed by atoms with Crippen LogP contribution in [0.4, 0.5) is 0 Å². The van der Waals surface area contributed by atoms with Gasteiger partial charge in [0, 0.05) is 25.0 Å². The Labute approximate surface area is 160 Å². The average Bonchev–Trinajstić information content (AvgIpc) is 3.10. The van der Waals surface area contributed by atoms with E-state index in [-0.39, 0.29) is 25.6 Å². The molecule has 2 atom stereocenters. The van der Waals surface area contributed by atoms with E-state index in [1.54, 1.807) is 26.8 Å². The summed E-state index contributed by atoms with van der Waals surface area (Å²) < 4.78 is 21.5. The van der Waals surface area contributed by atoms with E-state index in [9.17, 15) is 14.4 Å². The van der Waals surface area contributed by atoms with Crippen LogP contribution in [0.5, 0.6) is 0 Å². The normalized spacial score (nSPS) is 26.9. The lowest BCUT2D eigenvalue weighted by Gasteiger charge is -2.46. The highest BCUT2D eigenvalue weighted by atomic mass is 16.6. The smallest absolute Gasteiger partial charge is 0.330 e. The lowest BCUT2D eigenvalue weighted by atomic mass is 9.61. The fourth-order valence-corrected chi connectivity index (χ4v) is 4.17. The highest BCUT2D eigenvalue weighted by Gasteiger charge is 2.60. The van der Waals surface area contributed by atoms with Gasteiger partial charge in [-0.05, 0) is 46.5 Å². The third kappa shape index (κ3) is 4.51. The van der Waals surface area contributed by atoms with Gasteiger partial charge in [-0.15, -0.1) is 0 Å². The van der Waals surface area contributed by atoms with Gasteiger partial charge in [0.1, 0.15) is 0 Å². The molecule has 0 aromatic carbocycles. The van der Waals surface area contributed by atoms with Crippen LogP contribution in [-0.2, 0) is 33.3 Å². The number of carbonyl (C=O) groups is 3. The van der Waals surface area contributed by atoms with Gasteiger partial charge in [0.25, 0.3) is 0 Å². The van der Waals surface area contributed by atoms with Gasteiger partial charge in [-0.1, -0.05) is 6.08 Å². The van der Waals surface area contributed by atoms with Gasteiger partial charge in [0.2, 0.25) is 0 Å². The van der Waals surface area contributed by atoms with Crippen LogP contribution >= 0.6 is 0 Å². The van der Waals surface area contributed by atoms with E-state index in [0.717, 1.165) is 6.42 Å². The first kappa shape index (κ1) is 21.4. The van der Waals surface area contributed by atoms with Crippen LogP contribution in [0, 0.1) is 11.3 Å². The third-order valence-corrected chi connectivity index (χ3v) is 5.38. The standard InChI is InChI=1S/C20H30O7/c1-4-24-16(21)9-8-15-10-12-19(17(22)25-5-2,18(23)26-6-3)14-20(15)11-7-13-27-20/h8-9,15H,4-7,10-14H2,1-3H3/b9-8+/t15-,20-/m0/s1.